The van der Waals surface area contributed by atoms with E-state index in [-0.39, 0.29) is 83.7 Å². The summed E-state index contributed by atoms with van der Waals surface area (Å²) in [4.78, 5) is 8.56. The van der Waals surface area contributed by atoms with Crippen LogP contribution < -0.4 is 6.15 Å². The van der Waals surface area contributed by atoms with E-state index < -0.39 is 6.16 Å². The fourth-order valence-electron chi connectivity index (χ4n) is 0. The fourth-order valence-corrected chi connectivity index (χ4v) is 0. The van der Waals surface area contributed by atoms with Crippen LogP contribution in [0.3, 0.4) is 0 Å². The van der Waals surface area contributed by atoms with Crippen LogP contribution in [0.4, 0.5) is 4.79 Å². The summed E-state index contributed by atoms with van der Waals surface area (Å²) >= 11 is 0. The second-order valence-electron chi connectivity index (χ2n) is 0.283. The van der Waals surface area contributed by atoms with Crippen LogP contribution in [0.25, 0.3) is 0 Å². The molecule has 5 N–H and O–H groups in total. The first-order chi connectivity index (χ1) is 1.73. The van der Waals surface area contributed by atoms with E-state index in [1.807, 2.05) is 0 Å². The van der Waals surface area contributed by atoms with Crippen molar-refractivity contribution in [1.82, 2.24) is 6.15 Å². The van der Waals surface area contributed by atoms with E-state index in [4.69, 9.17) is 15.0 Å². The van der Waals surface area contributed by atoms with Gasteiger partial charge in [-0.15, -0.1) is 0 Å². The fraction of sp³-hybridized carbons (Fsp3) is 0. The van der Waals surface area contributed by atoms with Crippen molar-refractivity contribution in [2.75, 3.05) is 0 Å². The normalized spacial score (nSPS) is 3.43. The van der Waals surface area contributed by atoms with E-state index in [0.29, 0.717) is 0 Å². The van der Waals surface area contributed by atoms with Crippen molar-refractivity contribution >= 4 is 57.5 Å². The second kappa shape index (κ2) is 15.7. The molecular formula is CH6KNO3Zr. The molecule has 0 aliphatic carbocycles. The smallest absolute Gasteiger partial charge is 0 e. The summed E-state index contributed by atoms with van der Waals surface area (Å²) in [6.07, 6.45) is -1.83. The van der Waals surface area contributed by atoms with E-state index in [1.165, 1.54) is 0 Å². The third-order valence-corrected chi connectivity index (χ3v) is 0. The van der Waals surface area contributed by atoms with Gasteiger partial charge in [-0.1, -0.05) is 0 Å². The molecule has 0 rings (SSSR count). The van der Waals surface area contributed by atoms with Gasteiger partial charge in [-0.05, 0) is 0 Å². The molecule has 0 aliphatic rings. The minimum absolute atomic E-state index is 0. The third kappa shape index (κ3) is 83.7. The molecule has 0 radical (unpaired) electrons. The van der Waals surface area contributed by atoms with Crippen LogP contribution in [0.2, 0.25) is 0 Å². The van der Waals surface area contributed by atoms with Crippen molar-refractivity contribution in [3.8, 4) is 0 Å². The molecule has 0 amide bonds. The molecule has 0 fully saturated rings. The van der Waals surface area contributed by atoms with Gasteiger partial charge in [0.1, 0.15) is 0 Å². The summed E-state index contributed by atoms with van der Waals surface area (Å²) in [5.74, 6) is 0. The van der Waals surface area contributed by atoms with Crippen LogP contribution in [-0.4, -0.2) is 67.8 Å². The van der Waals surface area contributed by atoms with Crippen molar-refractivity contribution in [1.29, 1.82) is 0 Å². The summed E-state index contributed by atoms with van der Waals surface area (Å²) in [5, 5.41) is 13.9. The van der Waals surface area contributed by atoms with Crippen LogP contribution in [0.5, 0.6) is 0 Å². The van der Waals surface area contributed by atoms with Crippen molar-refractivity contribution in [3.63, 3.8) is 0 Å². The molecule has 0 bridgehead atoms. The molecule has 0 aromatic carbocycles. The van der Waals surface area contributed by atoms with E-state index >= 15 is 0 Å². The van der Waals surface area contributed by atoms with Crippen LogP contribution in [0, 0.1) is 0 Å². The van der Waals surface area contributed by atoms with Crippen LogP contribution >= 0.6 is 0 Å². The molecule has 38 valence electrons. The minimum atomic E-state index is -1.83. The Morgan fingerprint density at radius 2 is 1.29 bits per heavy atom. The second-order valence-corrected chi connectivity index (χ2v) is 0.283. The maximum atomic E-state index is 8.56. The summed E-state index contributed by atoms with van der Waals surface area (Å²) < 4.78 is 0. The van der Waals surface area contributed by atoms with Gasteiger partial charge in [0.2, 0.25) is 0 Å². The molecule has 0 spiro atoms. The van der Waals surface area contributed by atoms with E-state index in [1.54, 1.807) is 0 Å². The first-order valence-electron chi connectivity index (χ1n) is 0.651. The third-order valence-electron chi connectivity index (χ3n) is 0. The number of carboxylic acid groups (broad SMARTS) is 2. The maximum Gasteiger partial charge on any atom is 0 e. The molecule has 0 aromatic heterocycles. The number of carbonyl (C=O) groups is 1. The molecule has 7 heavy (non-hydrogen) atoms. The molecule has 0 aromatic rings. The predicted octanol–water partition coefficient (Wildman–Crippen LogP) is -0.267. The standard InChI is InChI=1S/CH2O3.K.H3N.Zr.H/c2-1(3)4;;;;/h(H2,2,3,4);;1H3;;. The molecule has 6 heteroatoms. The van der Waals surface area contributed by atoms with Gasteiger partial charge in [0.25, 0.3) is 0 Å². The topological polar surface area (TPSA) is 92.5 Å². The van der Waals surface area contributed by atoms with Gasteiger partial charge in [0.05, 0.1) is 0 Å². The van der Waals surface area contributed by atoms with Gasteiger partial charge in [-0.25, -0.2) is 4.79 Å². The molecule has 0 saturated heterocycles. The van der Waals surface area contributed by atoms with Crippen molar-refractivity contribution in [3.05, 3.63) is 0 Å². The first-order valence-corrected chi connectivity index (χ1v) is 0.651. The Bertz CT molecular complexity index is 37.9. The zero-order chi connectivity index (χ0) is 3.58. The van der Waals surface area contributed by atoms with Crippen LogP contribution in [0.15, 0.2) is 0 Å². The number of hydrogen-bond acceptors (Lipinski definition) is 2. The first kappa shape index (κ1) is 23.3. The summed E-state index contributed by atoms with van der Waals surface area (Å²) in [5.41, 5.74) is 0. The zero-order valence-electron chi connectivity index (χ0n) is 3.01. The summed E-state index contributed by atoms with van der Waals surface area (Å²) in [6.45, 7) is 0. The SMILES string of the molecule is N.O=C(O)O.[KH].[Zr]. The van der Waals surface area contributed by atoms with Gasteiger partial charge >= 0.3 is 57.5 Å². The zero-order valence-corrected chi connectivity index (χ0v) is 5.47. The van der Waals surface area contributed by atoms with Gasteiger partial charge in [-0.3, -0.25) is 0 Å². The molecule has 0 unspecified atom stereocenters. The molecule has 0 atom stereocenters. The Labute approximate surface area is 103 Å². The minimum Gasteiger partial charge on any atom is 0 e. The average Bonchev–Trinajstić information content (AvgIpc) is 0.811. The Kier molecular flexibility index (Phi) is 52.1. The molecule has 0 heterocycles. The average molecular weight is 210 g/mol. The maximum absolute atomic E-state index is 8.56. The molecule has 0 saturated carbocycles. The summed E-state index contributed by atoms with van der Waals surface area (Å²) in [7, 11) is 0. The molecular weight excluding hydrogens is 204 g/mol. The quantitative estimate of drug-likeness (QED) is 0.480. The van der Waals surface area contributed by atoms with E-state index in [9.17, 15) is 0 Å². The van der Waals surface area contributed by atoms with Crippen molar-refractivity contribution in [2.45, 2.75) is 0 Å². The van der Waals surface area contributed by atoms with Gasteiger partial charge in [-0.2, -0.15) is 0 Å². The van der Waals surface area contributed by atoms with Crippen molar-refractivity contribution < 1.29 is 41.2 Å². The monoisotopic (exact) mass is 209 g/mol. The largest absolute Gasteiger partial charge is 0 e. The van der Waals surface area contributed by atoms with Crippen LogP contribution in [0.1, 0.15) is 0 Å². The van der Waals surface area contributed by atoms with E-state index in [0.717, 1.165) is 0 Å². The van der Waals surface area contributed by atoms with Crippen molar-refractivity contribution in [2.24, 2.45) is 0 Å². The number of rotatable bonds is 0. The predicted molar refractivity (Wildman–Crippen MR) is 22.8 cm³/mol. The molecule has 4 nitrogen and oxygen atoms in total. The van der Waals surface area contributed by atoms with E-state index in [2.05, 4.69) is 0 Å². The van der Waals surface area contributed by atoms with Gasteiger partial charge in [0, 0.05) is 26.2 Å². The Morgan fingerprint density at radius 3 is 1.29 bits per heavy atom. The van der Waals surface area contributed by atoms with Gasteiger partial charge in [0.15, 0.2) is 0 Å². The summed E-state index contributed by atoms with van der Waals surface area (Å²) in [6, 6.07) is 0. The van der Waals surface area contributed by atoms with Gasteiger partial charge < -0.3 is 16.4 Å². The van der Waals surface area contributed by atoms with Crippen LogP contribution in [-0.2, 0) is 26.2 Å². The number of hydrogen-bond donors (Lipinski definition) is 3. The Hall–Kier alpha value is 1.75. The molecule has 0 aliphatic heterocycles. The Morgan fingerprint density at radius 1 is 1.29 bits per heavy atom. The Balaban J connectivity index is -0.0000000150.